The van der Waals surface area contributed by atoms with Crippen LogP contribution in [0, 0.1) is 0 Å². The van der Waals surface area contributed by atoms with E-state index >= 15 is 0 Å². The van der Waals surface area contributed by atoms with E-state index in [1.54, 1.807) is 31.2 Å². The molecule has 0 saturated heterocycles. The second kappa shape index (κ2) is 6.61. The van der Waals surface area contributed by atoms with Gasteiger partial charge in [0.2, 0.25) is 0 Å². The molecule has 0 atom stereocenters. The molecule has 0 unspecified atom stereocenters. The molecule has 18 heavy (non-hydrogen) atoms. The summed E-state index contributed by atoms with van der Waals surface area (Å²) >= 11 is 5.68. The molecule has 0 spiro atoms. The van der Waals surface area contributed by atoms with Gasteiger partial charge in [-0.1, -0.05) is 16.8 Å². The minimum atomic E-state index is -0.994. The van der Waals surface area contributed by atoms with Gasteiger partial charge in [-0.05, 0) is 31.2 Å². The van der Waals surface area contributed by atoms with Crippen molar-refractivity contribution in [2.45, 2.75) is 6.92 Å². The monoisotopic (exact) mass is 270 g/mol. The summed E-state index contributed by atoms with van der Waals surface area (Å²) in [7, 11) is 0. The third-order valence-electron chi connectivity index (χ3n) is 1.89. The van der Waals surface area contributed by atoms with E-state index in [4.69, 9.17) is 16.8 Å². The number of benzene rings is 1. The van der Waals surface area contributed by atoms with E-state index in [1.807, 2.05) is 0 Å². The third kappa shape index (κ3) is 3.74. The van der Waals surface area contributed by atoms with Crippen LogP contribution in [0.3, 0.4) is 0 Å². The molecule has 96 valence electrons. The minimum Gasteiger partial charge on any atom is -0.461 e. The maximum Gasteiger partial charge on any atom is 0.366 e. The molecule has 1 rings (SSSR count). The SMILES string of the molecule is CCOC(=O)/C(=N\O)C(=O)Nc1ccc(Cl)cc1. The number of nitrogens with zero attached hydrogens (tertiary/aromatic N) is 1. The van der Waals surface area contributed by atoms with Gasteiger partial charge in [-0.15, -0.1) is 0 Å². The van der Waals surface area contributed by atoms with E-state index in [2.05, 4.69) is 15.2 Å². The van der Waals surface area contributed by atoms with Crippen LogP contribution in [0.5, 0.6) is 0 Å². The summed E-state index contributed by atoms with van der Waals surface area (Å²) in [5.41, 5.74) is -0.304. The molecule has 0 saturated carbocycles. The normalized spacial score (nSPS) is 10.9. The predicted molar refractivity (Wildman–Crippen MR) is 65.9 cm³/mol. The number of hydrogen-bond donors (Lipinski definition) is 2. The third-order valence-corrected chi connectivity index (χ3v) is 2.14. The summed E-state index contributed by atoms with van der Waals surface area (Å²) in [5.74, 6) is -1.86. The lowest BCUT2D eigenvalue weighted by molar-refractivity contribution is -0.135. The Morgan fingerprint density at radius 3 is 2.50 bits per heavy atom. The van der Waals surface area contributed by atoms with E-state index in [-0.39, 0.29) is 6.61 Å². The van der Waals surface area contributed by atoms with Crippen molar-refractivity contribution in [3.05, 3.63) is 29.3 Å². The van der Waals surface area contributed by atoms with E-state index in [1.165, 1.54) is 0 Å². The number of halogens is 1. The van der Waals surface area contributed by atoms with Crippen molar-refractivity contribution in [3.8, 4) is 0 Å². The fraction of sp³-hybridized carbons (Fsp3) is 0.182. The van der Waals surface area contributed by atoms with Gasteiger partial charge in [0.1, 0.15) is 0 Å². The van der Waals surface area contributed by atoms with Crippen LogP contribution >= 0.6 is 11.6 Å². The number of ether oxygens (including phenoxy) is 1. The lowest BCUT2D eigenvalue weighted by Gasteiger charge is -2.06. The Labute approximate surface area is 108 Å². The van der Waals surface area contributed by atoms with E-state index in [0.29, 0.717) is 10.7 Å². The maximum atomic E-state index is 11.6. The van der Waals surface area contributed by atoms with Crippen LogP contribution in [0.2, 0.25) is 5.02 Å². The predicted octanol–water partition coefficient (Wildman–Crippen LogP) is 1.67. The first-order valence-corrected chi connectivity index (χ1v) is 5.42. The zero-order chi connectivity index (χ0) is 13.5. The molecular formula is C11H11ClN2O4. The fourth-order valence-electron chi connectivity index (χ4n) is 1.10. The van der Waals surface area contributed by atoms with E-state index < -0.39 is 17.6 Å². The maximum absolute atomic E-state index is 11.6. The molecule has 2 N–H and O–H groups in total. The number of carbonyl (C=O) groups is 2. The molecule has 0 fully saturated rings. The summed E-state index contributed by atoms with van der Waals surface area (Å²) in [5, 5.41) is 14.1. The Morgan fingerprint density at radius 1 is 1.39 bits per heavy atom. The van der Waals surface area contributed by atoms with Crippen LogP contribution in [0.1, 0.15) is 6.92 Å². The first-order chi connectivity index (χ1) is 8.58. The van der Waals surface area contributed by atoms with Crippen LogP contribution in [-0.4, -0.2) is 29.4 Å². The highest BCUT2D eigenvalue weighted by molar-refractivity contribution is 6.65. The Morgan fingerprint density at radius 2 is 2.00 bits per heavy atom. The van der Waals surface area contributed by atoms with Gasteiger partial charge in [0, 0.05) is 10.7 Å². The molecule has 0 aliphatic heterocycles. The quantitative estimate of drug-likeness (QED) is 0.286. The fourth-order valence-corrected chi connectivity index (χ4v) is 1.23. The van der Waals surface area contributed by atoms with Crippen LogP contribution in [-0.2, 0) is 14.3 Å². The van der Waals surface area contributed by atoms with Crippen molar-refractivity contribution in [1.29, 1.82) is 0 Å². The van der Waals surface area contributed by atoms with Gasteiger partial charge in [-0.2, -0.15) is 0 Å². The number of carbonyl (C=O) groups excluding carboxylic acids is 2. The zero-order valence-electron chi connectivity index (χ0n) is 9.51. The Hall–Kier alpha value is -2.08. The molecular weight excluding hydrogens is 260 g/mol. The summed E-state index contributed by atoms with van der Waals surface area (Å²) < 4.78 is 4.56. The lowest BCUT2D eigenvalue weighted by atomic mass is 10.3. The van der Waals surface area contributed by atoms with Crippen molar-refractivity contribution in [2.75, 3.05) is 11.9 Å². The lowest BCUT2D eigenvalue weighted by Crippen LogP contribution is -2.31. The minimum absolute atomic E-state index is 0.0755. The molecule has 0 aliphatic rings. The molecule has 0 heterocycles. The van der Waals surface area contributed by atoms with Gasteiger partial charge in [-0.25, -0.2) is 4.79 Å². The average molecular weight is 271 g/mol. The number of esters is 1. The average Bonchev–Trinajstić information content (AvgIpc) is 2.33. The number of hydrogen-bond acceptors (Lipinski definition) is 5. The summed E-state index contributed by atoms with van der Waals surface area (Å²) in [6.45, 7) is 1.65. The Bertz CT molecular complexity index is 470. The molecule has 0 aromatic heterocycles. The van der Waals surface area contributed by atoms with Gasteiger partial charge < -0.3 is 15.3 Å². The van der Waals surface area contributed by atoms with Crippen molar-refractivity contribution >= 4 is 34.9 Å². The van der Waals surface area contributed by atoms with Crippen molar-refractivity contribution in [3.63, 3.8) is 0 Å². The first-order valence-electron chi connectivity index (χ1n) is 5.04. The second-order valence-corrected chi connectivity index (χ2v) is 3.57. The number of nitrogens with one attached hydrogen (secondary N) is 1. The number of amides is 1. The molecule has 0 radical (unpaired) electrons. The number of anilines is 1. The highest BCUT2D eigenvalue weighted by atomic mass is 35.5. The van der Waals surface area contributed by atoms with Gasteiger partial charge in [0.05, 0.1) is 6.61 Å². The van der Waals surface area contributed by atoms with Crippen molar-refractivity contribution < 1.29 is 19.5 Å². The van der Waals surface area contributed by atoms with Crippen molar-refractivity contribution in [2.24, 2.45) is 5.16 Å². The van der Waals surface area contributed by atoms with Crippen LogP contribution in [0.4, 0.5) is 5.69 Å². The van der Waals surface area contributed by atoms with Gasteiger partial charge in [0.15, 0.2) is 0 Å². The molecule has 0 bridgehead atoms. The molecule has 0 aliphatic carbocycles. The largest absolute Gasteiger partial charge is 0.461 e. The van der Waals surface area contributed by atoms with E-state index in [9.17, 15) is 9.59 Å². The highest BCUT2D eigenvalue weighted by Crippen LogP contribution is 2.13. The Balaban J connectivity index is 2.75. The second-order valence-electron chi connectivity index (χ2n) is 3.13. The summed E-state index contributed by atoms with van der Waals surface area (Å²) in [6.07, 6.45) is 0. The molecule has 6 nitrogen and oxygen atoms in total. The van der Waals surface area contributed by atoms with Gasteiger partial charge in [0.25, 0.3) is 11.6 Å². The van der Waals surface area contributed by atoms with Crippen LogP contribution in [0.25, 0.3) is 0 Å². The molecule has 7 heteroatoms. The summed E-state index contributed by atoms with van der Waals surface area (Å²) in [6, 6.07) is 6.22. The van der Waals surface area contributed by atoms with Crippen molar-refractivity contribution in [1.82, 2.24) is 0 Å². The van der Waals surface area contributed by atoms with Crippen LogP contribution < -0.4 is 5.32 Å². The summed E-state index contributed by atoms with van der Waals surface area (Å²) in [4.78, 5) is 22.9. The Kier molecular flexibility index (Phi) is 5.13. The van der Waals surface area contributed by atoms with Crippen LogP contribution in [0.15, 0.2) is 29.4 Å². The number of rotatable bonds is 4. The molecule has 1 amide bonds. The van der Waals surface area contributed by atoms with Gasteiger partial charge >= 0.3 is 5.97 Å². The smallest absolute Gasteiger partial charge is 0.366 e. The number of oxime groups is 1. The standard InChI is InChI=1S/C11H11ClN2O4/c1-2-18-11(16)9(14-17)10(15)13-8-5-3-7(12)4-6-8/h3-6,17H,2H2,1H3,(H,13,15)/b14-9-. The molecule has 1 aromatic carbocycles. The highest BCUT2D eigenvalue weighted by Gasteiger charge is 2.22. The topological polar surface area (TPSA) is 88.0 Å². The zero-order valence-corrected chi connectivity index (χ0v) is 10.3. The molecule has 1 aromatic rings. The first kappa shape index (κ1) is 14.0. The van der Waals surface area contributed by atoms with E-state index in [0.717, 1.165) is 0 Å². The van der Waals surface area contributed by atoms with Gasteiger partial charge in [-0.3, -0.25) is 4.79 Å².